The van der Waals surface area contributed by atoms with Crippen LogP contribution in [0.2, 0.25) is 0 Å². The number of nitrogens with one attached hydrogen (secondary N) is 2. The lowest BCUT2D eigenvalue weighted by Gasteiger charge is -2.45. The quantitative estimate of drug-likeness (QED) is 0.485. The van der Waals surface area contributed by atoms with Gasteiger partial charge >= 0.3 is 0 Å². The third kappa shape index (κ3) is 4.97. The number of para-hydroxylation sites is 1. The second kappa shape index (κ2) is 9.47. The van der Waals surface area contributed by atoms with Crippen LogP contribution in [0.4, 0.5) is 11.4 Å². The maximum absolute atomic E-state index is 13.4. The normalized spacial score (nSPS) is 18.9. The van der Waals surface area contributed by atoms with Crippen LogP contribution >= 0.6 is 0 Å². The Labute approximate surface area is 208 Å². The van der Waals surface area contributed by atoms with Crippen molar-refractivity contribution in [2.45, 2.75) is 50.6 Å². The van der Waals surface area contributed by atoms with Crippen molar-refractivity contribution in [3.05, 3.63) is 89.5 Å². The molecule has 184 valence electrons. The number of sulfonamides is 1. The van der Waals surface area contributed by atoms with E-state index in [0.29, 0.717) is 5.56 Å². The Morgan fingerprint density at radius 2 is 1.69 bits per heavy atom. The van der Waals surface area contributed by atoms with Crippen LogP contribution in [0.15, 0.2) is 77.7 Å². The highest BCUT2D eigenvalue weighted by molar-refractivity contribution is 7.89. The van der Waals surface area contributed by atoms with Gasteiger partial charge in [-0.25, -0.2) is 13.1 Å². The molecular weight excluding hydrogens is 458 g/mol. The molecule has 0 bridgehead atoms. The number of amides is 1. The Bertz CT molecular complexity index is 1320. The first-order valence-corrected chi connectivity index (χ1v) is 13.4. The van der Waals surface area contributed by atoms with Crippen LogP contribution in [0.3, 0.4) is 0 Å². The summed E-state index contributed by atoms with van der Waals surface area (Å²) in [5.74, 6) is -0.245. The summed E-state index contributed by atoms with van der Waals surface area (Å²) in [5.41, 5.74) is 3.59. The summed E-state index contributed by atoms with van der Waals surface area (Å²) >= 11 is 0. The molecule has 0 spiro atoms. The van der Waals surface area contributed by atoms with Gasteiger partial charge in [0.05, 0.1) is 10.9 Å². The van der Waals surface area contributed by atoms with Crippen LogP contribution < -0.4 is 14.9 Å². The van der Waals surface area contributed by atoms with Crippen LogP contribution in [0.25, 0.3) is 0 Å². The van der Waals surface area contributed by atoms with Gasteiger partial charge in [-0.05, 0) is 79.8 Å². The summed E-state index contributed by atoms with van der Waals surface area (Å²) in [7, 11) is -2.04. The van der Waals surface area contributed by atoms with Crippen molar-refractivity contribution in [3.8, 4) is 0 Å². The molecule has 1 aliphatic heterocycles. The van der Waals surface area contributed by atoms with Gasteiger partial charge in [-0.3, -0.25) is 4.79 Å². The lowest BCUT2D eigenvalue weighted by molar-refractivity contribution is 0.0993. The highest BCUT2D eigenvalue weighted by Crippen LogP contribution is 2.43. The molecule has 1 heterocycles. The fourth-order valence-corrected chi connectivity index (χ4v) is 5.78. The predicted octanol–water partition coefficient (Wildman–Crippen LogP) is 5.39. The number of benzene rings is 3. The Morgan fingerprint density at radius 3 is 2.31 bits per heavy atom. The molecule has 2 N–H and O–H groups in total. The molecule has 0 saturated heterocycles. The van der Waals surface area contributed by atoms with Crippen LogP contribution in [0.1, 0.15) is 55.2 Å². The van der Waals surface area contributed by atoms with Crippen molar-refractivity contribution in [1.82, 2.24) is 4.72 Å². The molecule has 6 nitrogen and oxygen atoms in total. The van der Waals surface area contributed by atoms with Crippen LogP contribution in [0, 0.1) is 5.92 Å². The molecule has 0 saturated carbocycles. The summed E-state index contributed by atoms with van der Waals surface area (Å²) in [6, 6.07) is 21.4. The predicted molar refractivity (Wildman–Crippen MR) is 141 cm³/mol. The van der Waals surface area contributed by atoms with E-state index >= 15 is 0 Å². The summed E-state index contributed by atoms with van der Waals surface area (Å²) in [4.78, 5) is 15.1. The zero-order valence-electron chi connectivity index (χ0n) is 20.9. The molecule has 1 aliphatic rings. The smallest absolute Gasteiger partial charge is 0.258 e. The van der Waals surface area contributed by atoms with Gasteiger partial charge in [0.25, 0.3) is 5.91 Å². The van der Waals surface area contributed by atoms with E-state index in [4.69, 9.17) is 0 Å². The molecule has 0 aromatic heterocycles. The molecule has 35 heavy (non-hydrogen) atoms. The number of aryl methyl sites for hydroxylation is 1. The molecule has 4 rings (SSSR count). The minimum absolute atomic E-state index is 0.0862. The van der Waals surface area contributed by atoms with Crippen molar-refractivity contribution in [3.63, 3.8) is 0 Å². The average molecular weight is 492 g/mol. The summed E-state index contributed by atoms with van der Waals surface area (Å²) in [5, 5.41) is 3.52. The minimum Gasteiger partial charge on any atom is -0.380 e. The second-order valence-electron chi connectivity index (χ2n) is 9.73. The van der Waals surface area contributed by atoms with E-state index in [0.717, 1.165) is 28.9 Å². The Hall–Kier alpha value is -3.16. The Balaban J connectivity index is 1.71. The molecule has 0 aliphatic carbocycles. The van der Waals surface area contributed by atoms with Gasteiger partial charge in [-0.2, -0.15) is 0 Å². The highest BCUT2D eigenvalue weighted by atomic mass is 32.2. The van der Waals surface area contributed by atoms with Crippen LogP contribution in [0.5, 0.6) is 0 Å². The van der Waals surface area contributed by atoms with E-state index in [1.54, 1.807) is 30.1 Å². The topological polar surface area (TPSA) is 78.5 Å². The van der Waals surface area contributed by atoms with Gasteiger partial charge < -0.3 is 10.2 Å². The third-order valence-electron chi connectivity index (χ3n) is 7.10. The number of hydrogen-bond donors (Lipinski definition) is 2. The van der Waals surface area contributed by atoms with Gasteiger partial charge in [0.15, 0.2) is 0 Å². The molecule has 1 amide bonds. The van der Waals surface area contributed by atoms with E-state index in [1.807, 2.05) is 68.4 Å². The van der Waals surface area contributed by atoms with Crippen molar-refractivity contribution < 1.29 is 13.2 Å². The summed E-state index contributed by atoms with van der Waals surface area (Å²) in [6.45, 7) is 8.17. The monoisotopic (exact) mass is 491 g/mol. The number of hydrogen-bond acceptors (Lipinski definition) is 4. The van der Waals surface area contributed by atoms with Crippen molar-refractivity contribution >= 4 is 27.3 Å². The number of carbonyl (C=O) groups excluding carboxylic acids is 1. The number of nitrogens with zero attached hydrogens (tertiary/aromatic N) is 1. The first-order chi connectivity index (χ1) is 16.5. The first kappa shape index (κ1) is 24.9. The van der Waals surface area contributed by atoms with Crippen molar-refractivity contribution in [2.75, 3.05) is 17.3 Å². The molecule has 7 heteroatoms. The van der Waals surface area contributed by atoms with Gasteiger partial charge in [-0.1, -0.05) is 44.2 Å². The van der Waals surface area contributed by atoms with Crippen LogP contribution in [-0.4, -0.2) is 26.9 Å². The Kier molecular flexibility index (Phi) is 6.75. The van der Waals surface area contributed by atoms with Crippen LogP contribution in [-0.2, 0) is 16.4 Å². The number of rotatable bonds is 6. The standard InChI is InChI=1S/C28H33N3O3S/c1-6-20-12-15-23(16-13-20)35(33,34)30-26-19(2)28(3,4)29-25-17-14-21(18-24(25)26)27(32)31(5)22-10-8-7-9-11-22/h7-19,26,29-30H,6H2,1-5H3/t19-,26-/m0/s1. The van der Waals surface area contributed by atoms with E-state index in [1.165, 1.54) is 0 Å². The number of fused-ring (bicyclic) bond motifs is 1. The molecule has 2 atom stereocenters. The molecule has 3 aromatic carbocycles. The molecule has 0 unspecified atom stereocenters. The molecule has 3 aromatic rings. The Morgan fingerprint density at radius 1 is 1.03 bits per heavy atom. The largest absolute Gasteiger partial charge is 0.380 e. The van der Waals surface area contributed by atoms with E-state index in [2.05, 4.69) is 23.9 Å². The number of anilines is 2. The lowest BCUT2D eigenvalue weighted by atomic mass is 9.76. The van der Waals surface area contributed by atoms with Crippen molar-refractivity contribution in [2.24, 2.45) is 5.92 Å². The number of carbonyl (C=O) groups is 1. The molecule has 0 radical (unpaired) electrons. The maximum atomic E-state index is 13.4. The van der Waals surface area contributed by atoms with Gasteiger partial charge in [0.1, 0.15) is 0 Å². The second-order valence-corrected chi connectivity index (χ2v) is 11.4. The lowest BCUT2D eigenvalue weighted by Crippen LogP contribution is -2.49. The molecule has 0 fully saturated rings. The minimum atomic E-state index is -3.78. The van der Waals surface area contributed by atoms with Gasteiger partial charge in [-0.15, -0.1) is 0 Å². The van der Waals surface area contributed by atoms with E-state index in [9.17, 15) is 13.2 Å². The maximum Gasteiger partial charge on any atom is 0.258 e. The van der Waals surface area contributed by atoms with Gasteiger partial charge in [0, 0.05) is 29.5 Å². The van der Waals surface area contributed by atoms with E-state index < -0.39 is 16.1 Å². The SMILES string of the molecule is CCc1ccc(S(=O)(=O)N[C@@H]2c3cc(C(=O)N(C)c4ccccc4)ccc3NC(C)(C)[C@H]2C)cc1. The summed E-state index contributed by atoms with van der Waals surface area (Å²) < 4.78 is 29.7. The highest BCUT2D eigenvalue weighted by Gasteiger charge is 2.41. The fraction of sp³-hybridized carbons (Fsp3) is 0.321. The average Bonchev–Trinajstić information content (AvgIpc) is 2.86. The fourth-order valence-electron chi connectivity index (χ4n) is 4.48. The third-order valence-corrected chi connectivity index (χ3v) is 8.56. The zero-order valence-corrected chi connectivity index (χ0v) is 21.7. The van der Waals surface area contributed by atoms with Crippen molar-refractivity contribution in [1.29, 1.82) is 0 Å². The first-order valence-electron chi connectivity index (χ1n) is 11.9. The summed E-state index contributed by atoms with van der Waals surface area (Å²) in [6.07, 6.45) is 0.842. The van der Waals surface area contributed by atoms with E-state index in [-0.39, 0.29) is 22.3 Å². The molecular formula is C28H33N3O3S. The van der Waals surface area contributed by atoms with Gasteiger partial charge in [0.2, 0.25) is 10.0 Å². The zero-order chi connectivity index (χ0) is 25.4.